The quantitative estimate of drug-likeness (QED) is 0.141. The fourth-order valence-corrected chi connectivity index (χ4v) is 6.20. The maximum atomic E-state index is 13.5. The number of hydrogen-bond donors (Lipinski definition) is 1. The first kappa shape index (κ1) is 22.5. The third-order valence-electron chi connectivity index (χ3n) is 4.94. The maximum Gasteiger partial charge on any atom is 0.295 e. The molecule has 0 saturated carbocycles. The van der Waals surface area contributed by atoms with Gasteiger partial charge in [0.15, 0.2) is 11.5 Å². The summed E-state index contributed by atoms with van der Waals surface area (Å²) in [5.74, 6) is -0.301. The molecule has 11 heteroatoms. The van der Waals surface area contributed by atoms with E-state index in [0.29, 0.717) is 16.9 Å². The first-order chi connectivity index (χ1) is 14.5. The Hall–Kier alpha value is -0.740. The van der Waals surface area contributed by atoms with Crippen molar-refractivity contribution in [2.75, 3.05) is 18.2 Å². The molecule has 30 heavy (non-hydrogen) atoms. The summed E-state index contributed by atoms with van der Waals surface area (Å²) in [6.45, 7) is 0.791. The number of fused-ring (bicyclic) bond motifs is 1. The van der Waals surface area contributed by atoms with Crippen LogP contribution in [0.1, 0.15) is 43.2 Å². The van der Waals surface area contributed by atoms with E-state index < -0.39 is 6.43 Å². The van der Waals surface area contributed by atoms with E-state index in [1.165, 1.54) is 10.8 Å². The van der Waals surface area contributed by atoms with Crippen LogP contribution < -0.4 is 5.32 Å². The number of alkyl halides is 2. The summed E-state index contributed by atoms with van der Waals surface area (Å²) in [5.41, 5.74) is 3.29. The van der Waals surface area contributed by atoms with Crippen LogP contribution in [0.4, 0.5) is 20.2 Å². The smallest absolute Gasteiger partial charge is 0.295 e. The molecule has 0 bridgehead atoms. The van der Waals surface area contributed by atoms with E-state index in [1.807, 2.05) is 40.4 Å². The lowest BCUT2D eigenvalue weighted by Crippen LogP contribution is -2.11. The summed E-state index contributed by atoms with van der Waals surface area (Å²) in [4.78, 5) is 9.45. The van der Waals surface area contributed by atoms with Crippen molar-refractivity contribution in [3.63, 3.8) is 0 Å². The molecule has 160 valence electrons. The molecule has 0 radical (unpaired) electrons. The minimum absolute atomic E-state index is 0.0359. The molecule has 1 aliphatic rings. The Kier molecular flexibility index (Phi) is 7.34. The third-order valence-corrected chi connectivity index (χ3v) is 7.96. The molecule has 1 unspecified atom stereocenters. The lowest BCUT2D eigenvalue weighted by atomic mass is 10.0. The molecule has 2 atom stereocenters. The van der Waals surface area contributed by atoms with Gasteiger partial charge in [0.05, 0.1) is 23.9 Å². The molecule has 4 rings (SSSR count). The van der Waals surface area contributed by atoms with Crippen molar-refractivity contribution >= 4 is 74.3 Å². The molecule has 0 aliphatic carbocycles. The molecule has 1 aromatic carbocycles. The third kappa shape index (κ3) is 4.55. The second-order valence-electron chi connectivity index (χ2n) is 6.80. The van der Waals surface area contributed by atoms with Gasteiger partial charge in [-0.05, 0) is 65.3 Å². The number of hydrogen-bond acceptors (Lipinski definition) is 5. The molecule has 2 aromatic heterocycles. The monoisotopic (exact) mass is 582 g/mol. The van der Waals surface area contributed by atoms with Crippen LogP contribution >= 0.6 is 51.8 Å². The molecule has 1 N–H and O–H groups in total. The Morgan fingerprint density at radius 1 is 1.30 bits per heavy atom. The first-order valence-electron chi connectivity index (χ1n) is 9.32. The second-order valence-corrected chi connectivity index (χ2v) is 10.1. The number of pyridine rings is 1. The zero-order valence-corrected chi connectivity index (χ0v) is 20.7. The molecule has 5 nitrogen and oxygen atoms in total. The van der Waals surface area contributed by atoms with E-state index >= 15 is 0 Å². The Labute approximate surface area is 197 Å². The molecule has 3 aromatic rings. The van der Waals surface area contributed by atoms with Gasteiger partial charge >= 0.3 is 0 Å². The molecule has 1 aliphatic heterocycles. The summed E-state index contributed by atoms with van der Waals surface area (Å²) in [5, 5.41) is 3.56. The lowest BCUT2D eigenvalue weighted by molar-refractivity contribution is 0.0148. The van der Waals surface area contributed by atoms with E-state index in [2.05, 4.69) is 21.4 Å². The Bertz CT molecular complexity index is 1060. The van der Waals surface area contributed by atoms with Crippen molar-refractivity contribution in [2.45, 2.75) is 36.7 Å². The standard InChI is InChI=1S/C19H19ClF2IN4OPS/c1-30-14-8-10(13-4-2-3-7-28-13)5-6-11(14)24-12-9-15(20)25-18-16(12)26-19(17(21)22)27(18)29-23/h5-6,8-9,13,17,29H,2-4,7H2,1H3,(H,24,25)/t13-/m0/s1. The van der Waals surface area contributed by atoms with Gasteiger partial charge in [-0.1, -0.05) is 17.7 Å². The second kappa shape index (κ2) is 9.81. The average molecular weight is 583 g/mol. The fraction of sp³-hybridized carbons (Fsp3) is 0.368. The van der Waals surface area contributed by atoms with Crippen molar-refractivity contribution in [1.82, 2.24) is 14.3 Å². The fourth-order valence-electron chi connectivity index (χ4n) is 3.52. The predicted molar refractivity (Wildman–Crippen MR) is 129 cm³/mol. The van der Waals surface area contributed by atoms with Crippen LogP contribution in [0, 0.1) is 0 Å². The number of ether oxygens (including phenoxy) is 1. The van der Waals surface area contributed by atoms with Crippen LogP contribution in [0.2, 0.25) is 5.15 Å². The van der Waals surface area contributed by atoms with Gasteiger partial charge in [-0.2, -0.15) is 0 Å². The Morgan fingerprint density at radius 3 is 2.80 bits per heavy atom. The largest absolute Gasteiger partial charge is 0.374 e. The number of anilines is 2. The minimum atomic E-state index is -2.69. The van der Waals surface area contributed by atoms with E-state index in [1.54, 1.807) is 17.8 Å². The van der Waals surface area contributed by atoms with E-state index in [-0.39, 0.29) is 23.5 Å². The summed E-state index contributed by atoms with van der Waals surface area (Å²) in [7, 11) is 0. The van der Waals surface area contributed by atoms with Gasteiger partial charge in [-0.15, -0.1) is 11.8 Å². The van der Waals surface area contributed by atoms with Gasteiger partial charge in [0.25, 0.3) is 6.43 Å². The number of rotatable bonds is 6. The van der Waals surface area contributed by atoms with Crippen molar-refractivity contribution in [3.8, 4) is 0 Å². The zero-order valence-electron chi connectivity index (χ0n) is 16.0. The van der Waals surface area contributed by atoms with Gasteiger partial charge in [0, 0.05) is 17.6 Å². The normalized spacial score (nSPS) is 17.5. The highest BCUT2D eigenvalue weighted by Gasteiger charge is 2.23. The van der Waals surface area contributed by atoms with Gasteiger partial charge in [0.2, 0.25) is 0 Å². The van der Waals surface area contributed by atoms with Gasteiger partial charge < -0.3 is 10.1 Å². The maximum absolute atomic E-state index is 13.5. The number of benzene rings is 1. The SMILES string of the molecule is CSc1cc([C@@H]2CCCCO2)ccc1Nc1cc(Cl)nc2c1nc(C(F)F)n2PI. The van der Waals surface area contributed by atoms with Gasteiger partial charge in [-0.25, -0.2) is 18.7 Å². The van der Waals surface area contributed by atoms with E-state index in [9.17, 15) is 8.78 Å². The molecular formula is C19H19ClF2IN4OPS. The van der Waals surface area contributed by atoms with Crippen LogP contribution in [-0.4, -0.2) is 27.2 Å². The Morgan fingerprint density at radius 2 is 2.13 bits per heavy atom. The molecule has 3 heterocycles. The number of nitrogens with zero attached hydrogens (tertiary/aromatic N) is 3. The van der Waals surface area contributed by atoms with Crippen LogP contribution in [0.15, 0.2) is 29.2 Å². The van der Waals surface area contributed by atoms with Crippen LogP contribution in [0.3, 0.4) is 0 Å². The van der Waals surface area contributed by atoms with Crippen molar-refractivity contribution < 1.29 is 13.5 Å². The average Bonchev–Trinajstić information content (AvgIpc) is 3.13. The lowest BCUT2D eigenvalue weighted by Gasteiger charge is -2.24. The van der Waals surface area contributed by atoms with Crippen LogP contribution in [0.5, 0.6) is 0 Å². The van der Waals surface area contributed by atoms with Crippen molar-refractivity contribution in [2.24, 2.45) is 0 Å². The highest BCUT2D eigenvalue weighted by Crippen LogP contribution is 2.40. The van der Waals surface area contributed by atoms with Gasteiger partial charge in [0.1, 0.15) is 10.7 Å². The van der Waals surface area contributed by atoms with Crippen molar-refractivity contribution in [1.29, 1.82) is 0 Å². The number of thioether (sulfide) groups is 1. The van der Waals surface area contributed by atoms with Gasteiger partial charge in [-0.3, -0.25) is 4.34 Å². The highest BCUT2D eigenvalue weighted by molar-refractivity contribution is 14.2. The summed E-state index contributed by atoms with van der Waals surface area (Å²) < 4.78 is 34.3. The topological polar surface area (TPSA) is 52.0 Å². The number of nitrogens with one attached hydrogen (secondary N) is 1. The zero-order chi connectivity index (χ0) is 21.3. The summed E-state index contributed by atoms with van der Waals surface area (Å²) in [6, 6.07) is 7.78. The van der Waals surface area contributed by atoms with Crippen molar-refractivity contribution in [3.05, 3.63) is 40.8 Å². The predicted octanol–water partition coefficient (Wildman–Crippen LogP) is 7.52. The Balaban J connectivity index is 1.73. The van der Waals surface area contributed by atoms with E-state index in [0.717, 1.165) is 35.6 Å². The number of aromatic nitrogens is 3. The molecule has 1 saturated heterocycles. The molecule has 0 spiro atoms. The minimum Gasteiger partial charge on any atom is -0.374 e. The van der Waals surface area contributed by atoms with Crippen LogP contribution in [-0.2, 0) is 4.74 Å². The molecule has 0 amide bonds. The van der Waals surface area contributed by atoms with Crippen LogP contribution in [0.25, 0.3) is 11.2 Å². The summed E-state index contributed by atoms with van der Waals surface area (Å²) >= 11 is 9.85. The van der Waals surface area contributed by atoms with E-state index in [4.69, 9.17) is 16.3 Å². The molecule has 1 fully saturated rings. The number of imidazole rings is 1. The molecular weight excluding hydrogens is 564 g/mol. The highest BCUT2D eigenvalue weighted by atomic mass is 127. The summed E-state index contributed by atoms with van der Waals surface area (Å²) in [6.07, 6.45) is 2.76. The number of halogens is 4. The first-order valence-corrected chi connectivity index (χ1v) is 15.0.